The summed E-state index contributed by atoms with van der Waals surface area (Å²) in [7, 11) is 0. The molecule has 1 fully saturated rings. The number of nitriles is 1. The van der Waals surface area contributed by atoms with Crippen molar-refractivity contribution in [1.82, 2.24) is 9.97 Å². The van der Waals surface area contributed by atoms with Crippen LogP contribution in [0.25, 0.3) is 11.0 Å². The molecule has 4 nitrogen and oxygen atoms in total. The molecule has 10 heteroatoms. The van der Waals surface area contributed by atoms with E-state index in [-0.39, 0.29) is 41.1 Å². The van der Waals surface area contributed by atoms with Crippen LogP contribution in [0.5, 0.6) is 0 Å². The van der Waals surface area contributed by atoms with Gasteiger partial charge in [0.25, 0.3) is 5.92 Å². The molecule has 0 amide bonds. The fraction of sp³-hybridized carbons (Fsp3) is 0.467. The smallest absolute Gasteiger partial charge is 0.363 e. The molecule has 1 aliphatic rings. The number of pyridine rings is 1. The van der Waals surface area contributed by atoms with E-state index in [0.717, 1.165) is 4.90 Å². The van der Waals surface area contributed by atoms with Gasteiger partial charge in [0.15, 0.2) is 5.69 Å². The molecule has 0 bridgehead atoms. The van der Waals surface area contributed by atoms with Gasteiger partial charge in [-0.1, -0.05) is 11.6 Å². The Hall–Kier alpha value is -2.08. The average Bonchev–Trinajstić information content (AvgIpc) is 2.78. The zero-order chi connectivity index (χ0) is 18.6. The highest BCUT2D eigenvalue weighted by Crippen LogP contribution is 2.42. The molecule has 2 aromatic heterocycles. The van der Waals surface area contributed by atoms with Crippen LogP contribution in [-0.4, -0.2) is 29.0 Å². The van der Waals surface area contributed by atoms with Crippen LogP contribution in [0, 0.1) is 18.3 Å². The lowest BCUT2D eigenvalue weighted by Gasteiger charge is -2.35. The summed E-state index contributed by atoms with van der Waals surface area (Å²) >= 11 is 6.02. The van der Waals surface area contributed by atoms with Gasteiger partial charge in [0.1, 0.15) is 17.1 Å². The molecule has 1 aliphatic heterocycles. The minimum absolute atomic E-state index is 0.0324. The van der Waals surface area contributed by atoms with E-state index in [1.807, 2.05) is 0 Å². The first-order valence-corrected chi connectivity index (χ1v) is 7.75. The highest BCUT2D eigenvalue weighted by molar-refractivity contribution is 6.36. The molecule has 0 aromatic carbocycles. The molecule has 3 heterocycles. The number of aryl methyl sites for hydroxylation is 1. The number of hydrogen-bond acceptors (Lipinski definition) is 3. The topological polar surface area (TPSA) is 55.7 Å². The zero-order valence-electron chi connectivity index (χ0n) is 12.9. The van der Waals surface area contributed by atoms with Crippen molar-refractivity contribution in [1.29, 1.82) is 5.26 Å². The number of fused-ring (bicyclic) bond motifs is 1. The standard InChI is InChI=1S/C15H12ClF5N4/c1-7-9(16)10-11(23-7)12(25-4-2-3-14(17,18)6-25)8(5-22)13(24-10)15(19,20)21/h23H,2-4,6H2,1H3. The zero-order valence-corrected chi connectivity index (χ0v) is 13.7. The van der Waals surface area contributed by atoms with Crippen molar-refractivity contribution in [3.8, 4) is 6.07 Å². The molecule has 3 rings (SSSR count). The Kier molecular flexibility index (Phi) is 4.06. The second kappa shape index (κ2) is 5.73. The summed E-state index contributed by atoms with van der Waals surface area (Å²) in [5.74, 6) is -3.05. The van der Waals surface area contributed by atoms with Crippen LogP contribution in [0.3, 0.4) is 0 Å². The third kappa shape index (κ3) is 2.99. The summed E-state index contributed by atoms with van der Waals surface area (Å²) in [6.45, 7) is 0.863. The highest BCUT2D eigenvalue weighted by Gasteiger charge is 2.42. The third-order valence-electron chi connectivity index (χ3n) is 4.11. The van der Waals surface area contributed by atoms with E-state index in [1.54, 1.807) is 0 Å². The van der Waals surface area contributed by atoms with E-state index in [9.17, 15) is 27.2 Å². The normalized spacial score (nSPS) is 17.8. The Morgan fingerprint density at radius 2 is 2.04 bits per heavy atom. The van der Waals surface area contributed by atoms with Crippen LogP contribution in [0.2, 0.25) is 5.02 Å². The van der Waals surface area contributed by atoms with Crippen LogP contribution >= 0.6 is 11.6 Å². The van der Waals surface area contributed by atoms with Gasteiger partial charge in [-0.05, 0) is 13.3 Å². The van der Waals surface area contributed by atoms with Gasteiger partial charge in [-0.15, -0.1) is 0 Å². The maximum Gasteiger partial charge on any atom is 0.434 e. The van der Waals surface area contributed by atoms with Crippen molar-refractivity contribution >= 4 is 28.3 Å². The third-order valence-corrected chi connectivity index (χ3v) is 4.57. The summed E-state index contributed by atoms with van der Waals surface area (Å²) in [4.78, 5) is 7.38. The largest absolute Gasteiger partial charge is 0.434 e. The Bertz CT molecular complexity index is 881. The summed E-state index contributed by atoms with van der Waals surface area (Å²) in [6, 6.07) is 1.48. The van der Waals surface area contributed by atoms with Gasteiger partial charge in [-0.3, -0.25) is 0 Å². The van der Waals surface area contributed by atoms with Gasteiger partial charge in [0, 0.05) is 18.7 Å². The van der Waals surface area contributed by atoms with Crippen molar-refractivity contribution in [3.05, 3.63) is 22.0 Å². The molecular formula is C15H12ClF5N4. The van der Waals surface area contributed by atoms with Crippen molar-refractivity contribution in [3.63, 3.8) is 0 Å². The van der Waals surface area contributed by atoms with E-state index in [4.69, 9.17) is 11.6 Å². The molecule has 2 aromatic rings. The van der Waals surface area contributed by atoms with Crippen LogP contribution in [0.4, 0.5) is 27.6 Å². The Morgan fingerprint density at radius 1 is 1.36 bits per heavy atom. The number of alkyl halides is 5. The number of rotatable bonds is 1. The van der Waals surface area contributed by atoms with Crippen molar-refractivity contribution < 1.29 is 22.0 Å². The van der Waals surface area contributed by atoms with Gasteiger partial charge in [-0.25, -0.2) is 13.8 Å². The van der Waals surface area contributed by atoms with Crippen molar-refractivity contribution in [2.75, 3.05) is 18.0 Å². The lowest BCUT2D eigenvalue weighted by atomic mass is 10.0. The van der Waals surface area contributed by atoms with Gasteiger partial charge in [0.05, 0.1) is 22.8 Å². The molecule has 1 saturated heterocycles. The molecular weight excluding hydrogens is 367 g/mol. The maximum atomic E-state index is 13.8. The first-order chi connectivity index (χ1) is 11.5. The second-order valence-electron chi connectivity index (χ2n) is 5.96. The predicted molar refractivity (Wildman–Crippen MR) is 82.0 cm³/mol. The summed E-state index contributed by atoms with van der Waals surface area (Å²) in [5, 5.41) is 9.28. The summed E-state index contributed by atoms with van der Waals surface area (Å²) in [5.41, 5.74) is -2.21. The Labute approximate surface area is 144 Å². The van der Waals surface area contributed by atoms with Crippen LogP contribution in [0.15, 0.2) is 0 Å². The number of aromatic amines is 1. The number of piperidine rings is 1. The van der Waals surface area contributed by atoms with Crippen LogP contribution in [0.1, 0.15) is 29.8 Å². The summed E-state index contributed by atoms with van der Waals surface area (Å²) < 4.78 is 67.7. The average molecular weight is 379 g/mol. The van der Waals surface area contributed by atoms with E-state index < -0.39 is 29.9 Å². The fourth-order valence-electron chi connectivity index (χ4n) is 3.05. The Balaban J connectivity index is 2.35. The number of H-pyrrole nitrogens is 1. The maximum absolute atomic E-state index is 13.8. The second-order valence-corrected chi connectivity index (χ2v) is 6.34. The van der Waals surface area contributed by atoms with Crippen molar-refractivity contribution in [2.24, 2.45) is 0 Å². The number of anilines is 1. The van der Waals surface area contributed by atoms with E-state index in [2.05, 4.69) is 9.97 Å². The lowest BCUT2D eigenvalue weighted by molar-refractivity contribution is -0.141. The summed E-state index contributed by atoms with van der Waals surface area (Å²) in [6.07, 6.45) is -5.17. The number of aromatic nitrogens is 2. The number of hydrogen-bond donors (Lipinski definition) is 1. The minimum Gasteiger partial charge on any atom is -0.363 e. The van der Waals surface area contributed by atoms with E-state index in [0.29, 0.717) is 5.69 Å². The molecule has 1 N–H and O–H groups in total. The number of nitrogens with zero attached hydrogens (tertiary/aromatic N) is 3. The monoisotopic (exact) mass is 378 g/mol. The number of halogens is 6. The quantitative estimate of drug-likeness (QED) is 0.735. The van der Waals surface area contributed by atoms with E-state index >= 15 is 0 Å². The highest BCUT2D eigenvalue weighted by atomic mass is 35.5. The minimum atomic E-state index is -4.92. The SMILES string of the molecule is Cc1[nH]c2c(N3CCCC(F)(F)C3)c(C#N)c(C(F)(F)F)nc2c1Cl. The first-order valence-electron chi connectivity index (χ1n) is 7.37. The fourth-order valence-corrected chi connectivity index (χ4v) is 3.24. The van der Waals surface area contributed by atoms with E-state index in [1.165, 1.54) is 13.0 Å². The van der Waals surface area contributed by atoms with Crippen molar-refractivity contribution in [2.45, 2.75) is 31.9 Å². The van der Waals surface area contributed by atoms with Gasteiger partial charge in [-0.2, -0.15) is 18.4 Å². The molecule has 0 atom stereocenters. The van der Waals surface area contributed by atoms with Crippen LogP contribution in [-0.2, 0) is 6.18 Å². The lowest BCUT2D eigenvalue weighted by Crippen LogP contribution is -2.43. The van der Waals surface area contributed by atoms with Gasteiger partial charge in [0.2, 0.25) is 0 Å². The molecule has 134 valence electrons. The number of nitrogens with one attached hydrogen (secondary N) is 1. The molecule has 0 spiro atoms. The molecule has 0 unspecified atom stereocenters. The Morgan fingerprint density at radius 3 is 2.60 bits per heavy atom. The first kappa shape index (κ1) is 17.7. The van der Waals surface area contributed by atoms with Gasteiger partial charge >= 0.3 is 6.18 Å². The molecule has 0 saturated carbocycles. The van der Waals surface area contributed by atoms with Gasteiger partial charge < -0.3 is 9.88 Å². The molecule has 0 radical (unpaired) electrons. The molecule has 0 aliphatic carbocycles. The predicted octanol–water partition coefficient (Wildman–Crippen LogP) is 4.65. The van der Waals surface area contributed by atoms with Crippen LogP contribution < -0.4 is 4.90 Å². The molecule has 25 heavy (non-hydrogen) atoms.